The Morgan fingerprint density at radius 3 is 2.50 bits per heavy atom. The highest BCUT2D eigenvalue weighted by molar-refractivity contribution is 6.35. The molecule has 2 aromatic carbocycles. The molecule has 1 atom stereocenters. The van der Waals surface area contributed by atoms with Crippen LogP contribution in [0.2, 0.25) is 10.0 Å². The largest absolute Gasteiger partial charge is 0.331 e. The first-order valence-corrected chi connectivity index (χ1v) is 6.89. The molecule has 5 heteroatoms. The van der Waals surface area contributed by atoms with Gasteiger partial charge in [0.05, 0.1) is 16.8 Å². The third-order valence-corrected chi connectivity index (χ3v) is 3.39. The molecule has 0 aromatic heterocycles. The van der Waals surface area contributed by atoms with Crippen LogP contribution < -0.4 is 10.6 Å². The first-order chi connectivity index (χ1) is 9.56. The van der Waals surface area contributed by atoms with Crippen LogP contribution >= 0.6 is 23.2 Å². The molecule has 0 heterocycles. The molecule has 0 fully saturated rings. The first kappa shape index (κ1) is 14.7. The number of nitrogens with one attached hydrogen (secondary N) is 2. The van der Waals surface area contributed by atoms with Gasteiger partial charge in [0.2, 0.25) is 0 Å². The van der Waals surface area contributed by atoms with Crippen LogP contribution in [0.15, 0.2) is 48.5 Å². The molecule has 0 spiro atoms. The van der Waals surface area contributed by atoms with Gasteiger partial charge in [-0.15, -0.1) is 0 Å². The fraction of sp³-hybridized carbons (Fsp3) is 0.133. The number of hydrogen-bond acceptors (Lipinski definition) is 1. The van der Waals surface area contributed by atoms with E-state index in [1.54, 1.807) is 18.2 Å². The Hall–Kier alpha value is -1.71. The second-order valence-corrected chi connectivity index (χ2v) is 5.20. The van der Waals surface area contributed by atoms with Crippen molar-refractivity contribution in [1.82, 2.24) is 5.32 Å². The van der Waals surface area contributed by atoms with Gasteiger partial charge in [0, 0.05) is 5.02 Å². The fourth-order valence-electron chi connectivity index (χ4n) is 1.77. The molecule has 3 nitrogen and oxygen atoms in total. The zero-order valence-electron chi connectivity index (χ0n) is 10.9. The highest BCUT2D eigenvalue weighted by Crippen LogP contribution is 2.25. The van der Waals surface area contributed by atoms with Gasteiger partial charge in [-0.3, -0.25) is 0 Å². The molecule has 2 N–H and O–H groups in total. The quantitative estimate of drug-likeness (QED) is 0.834. The molecular formula is C15H14Cl2N2O. The SMILES string of the molecule is C[C@H](NC(=O)Nc1cc(Cl)ccc1Cl)c1ccccc1. The number of benzene rings is 2. The van der Waals surface area contributed by atoms with Gasteiger partial charge in [-0.25, -0.2) is 4.79 Å². The van der Waals surface area contributed by atoms with Crippen molar-refractivity contribution >= 4 is 34.9 Å². The molecule has 0 saturated heterocycles. The van der Waals surface area contributed by atoms with Crippen LogP contribution in [0.1, 0.15) is 18.5 Å². The minimum Gasteiger partial charge on any atom is -0.331 e. The predicted molar refractivity (Wildman–Crippen MR) is 83.5 cm³/mol. The van der Waals surface area contributed by atoms with Crippen molar-refractivity contribution in [3.8, 4) is 0 Å². The van der Waals surface area contributed by atoms with Crippen LogP contribution in [0.25, 0.3) is 0 Å². The molecule has 0 aliphatic heterocycles. The lowest BCUT2D eigenvalue weighted by atomic mass is 10.1. The number of amides is 2. The third-order valence-electron chi connectivity index (χ3n) is 2.82. The normalized spacial score (nSPS) is 11.8. The van der Waals surface area contributed by atoms with Crippen LogP contribution in [0.3, 0.4) is 0 Å². The van der Waals surface area contributed by atoms with Crippen molar-refractivity contribution < 1.29 is 4.79 Å². The lowest BCUT2D eigenvalue weighted by molar-refractivity contribution is 0.249. The first-order valence-electron chi connectivity index (χ1n) is 6.14. The summed E-state index contributed by atoms with van der Waals surface area (Å²) in [5.41, 5.74) is 1.51. The molecule has 20 heavy (non-hydrogen) atoms. The summed E-state index contributed by atoms with van der Waals surface area (Å²) in [4.78, 5) is 11.9. The van der Waals surface area contributed by atoms with Gasteiger partial charge in [0.25, 0.3) is 0 Å². The van der Waals surface area contributed by atoms with Crippen molar-refractivity contribution in [1.29, 1.82) is 0 Å². The molecule has 0 saturated carbocycles. The molecule has 0 bridgehead atoms. The smallest absolute Gasteiger partial charge is 0.319 e. The zero-order valence-corrected chi connectivity index (χ0v) is 12.4. The number of carbonyl (C=O) groups is 1. The standard InChI is InChI=1S/C15H14Cl2N2O/c1-10(11-5-3-2-4-6-11)18-15(20)19-14-9-12(16)7-8-13(14)17/h2-10H,1H3,(H2,18,19,20)/t10-/m0/s1. The van der Waals surface area contributed by atoms with E-state index in [-0.39, 0.29) is 12.1 Å². The Morgan fingerprint density at radius 1 is 1.10 bits per heavy atom. The summed E-state index contributed by atoms with van der Waals surface area (Å²) in [5.74, 6) is 0. The van der Waals surface area contributed by atoms with E-state index in [1.165, 1.54) is 0 Å². The van der Waals surface area contributed by atoms with Crippen molar-refractivity contribution in [3.05, 3.63) is 64.1 Å². The van der Waals surface area contributed by atoms with Gasteiger partial charge in [-0.2, -0.15) is 0 Å². The maximum Gasteiger partial charge on any atom is 0.319 e. The minimum absolute atomic E-state index is 0.103. The molecule has 0 radical (unpaired) electrons. The average Bonchev–Trinajstić information content (AvgIpc) is 2.43. The van der Waals surface area contributed by atoms with Gasteiger partial charge < -0.3 is 10.6 Å². The number of rotatable bonds is 3. The van der Waals surface area contributed by atoms with E-state index in [4.69, 9.17) is 23.2 Å². The van der Waals surface area contributed by atoms with Crippen LogP contribution in [-0.2, 0) is 0 Å². The van der Waals surface area contributed by atoms with Gasteiger partial charge >= 0.3 is 6.03 Å². The number of carbonyl (C=O) groups excluding carboxylic acids is 1. The van der Waals surface area contributed by atoms with E-state index < -0.39 is 0 Å². The second-order valence-electron chi connectivity index (χ2n) is 4.36. The van der Waals surface area contributed by atoms with Crippen LogP contribution in [-0.4, -0.2) is 6.03 Å². The summed E-state index contributed by atoms with van der Waals surface area (Å²) in [5, 5.41) is 6.48. The highest BCUT2D eigenvalue weighted by atomic mass is 35.5. The van der Waals surface area contributed by atoms with E-state index in [0.717, 1.165) is 5.56 Å². The predicted octanol–water partition coefficient (Wildman–Crippen LogP) is 4.88. The number of halogens is 2. The number of urea groups is 1. The number of hydrogen-bond donors (Lipinski definition) is 2. The van der Waals surface area contributed by atoms with Crippen molar-refractivity contribution in [3.63, 3.8) is 0 Å². The maximum atomic E-state index is 11.9. The Bertz CT molecular complexity index is 602. The lowest BCUT2D eigenvalue weighted by Gasteiger charge is -2.15. The molecule has 0 unspecified atom stereocenters. The van der Waals surface area contributed by atoms with E-state index >= 15 is 0 Å². The maximum absolute atomic E-state index is 11.9. The Labute approximate surface area is 127 Å². The zero-order chi connectivity index (χ0) is 14.5. The monoisotopic (exact) mass is 308 g/mol. The van der Waals surface area contributed by atoms with Crippen molar-refractivity contribution in [2.24, 2.45) is 0 Å². The average molecular weight is 309 g/mol. The molecule has 2 rings (SSSR count). The highest BCUT2D eigenvalue weighted by Gasteiger charge is 2.10. The summed E-state index contributed by atoms with van der Waals surface area (Å²) >= 11 is 11.9. The second kappa shape index (κ2) is 6.64. The van der Waals surface area contributed by atoms with E-state index in [0.29, 0.717) is 15.7 Å². The van der Waals surface area contributed by atoms with Gasteiger partial charge in [-0.1, -0.05) is 53.5 Å². The summed E-state index contributed by atoms with van der Waals surface area (Å²) in [6.45, 7) is 1.91. The third kappa shape index (κ3) is 3.89. The molecule has 0 aliphatic rings. The van der Waals surface area contributed by atoms with Crippen molar-refractivity contribution in [2.75, 3.05) is 5.32 Å². The van der Waals surface area contributed by atoms with Crippen LogP contribution in [0, 0.1) is 0 Å². The molecule has 0 aliphatic carbocycles. The Kier molecular flexibility index (Phi) is 4.88. The summed E-state index contributed by atoms with van der Waals surface area (Å²) in [6, 6.07) is 14.2. The Balaban J connectivity index is 2.01. The minimum atomic E-state index is -0.328. The molecule has 104 valence electrons. The van der Waals surface area contributed by atoms with Crippen LogP contribution in [0.4, 0.5) is 10.5 Å². The number of anilines is 1. The van der Waals surface area contributed by atoms with Gasteiger partial charge in [0.15, 0.2) is 0 Å². The lowest BCUT2D eigenvalue weighted by Crippen LogP contribution is -2.31. The summed E-state index contributed by atoms with van der Waals surface area (Å²) in [7, 11) is 0. The van der Waals surface area contributed by atoms with E-state index in [1.807, 2.05) is 37.3 Å². The molecular weight excluding hydrogens is 295 g/mol. The summed E-state index contributed by atoms with van der Waals surface area (Å²) in [6.07, 6.45) is 0. The fourth-order valence-corrected chi connectivity index (χ4v) is 2.11. The topological polar surface area (TPSA) is 41.1 Å². The van der Waals surface area contributed by atoms with E-state index in [2.05, 4.69) is 10.6 Å². The molecule has 2 aromatic rings. The van der Waals surface area contributed by atoms with Crippen molar-refractivity contribution in [2.45, 2.75) is 13.0 Å². The van der Waals surface area contributed by atoms with Gasteiger partial charge in [0.1, 0.15) is 0 Å². The van der Waals surface area contributed by atoms with Crippen LogP contribution in [0.5, 0.6) is 0 Å². The van der Waals surface area contributed by atoms with E-state index in [9.17, 15) is 4.79 Å². The van der Waals surface area contributed by atoms with Gasteiger partial charge in [-0.05, 0) is 30.7 Å². The Morgan fingerprint density at radius 2 is 1.80 bits per heavy atom. The summed E-state index contributed by atoms with van der Waals surface area (Å²) < 4.78 is 0. The molecule has 2 amide bonds.